The fraction of sp³-hybridized carbons (Fsp3) is 0.769. The molecule has 12 heteroatoms. The first-order valence-electron chi connectivity index (χ1n) is 13.2. The van der Waals surface area contributed by atoms with Crippen molar-refractivity contribution in [1.82, 2.24) is 21.3 Å². The maximum Gasteiger partial charge on any atom is 0.326 e. The normalized spacial score (nSPS) is 15.4. The fourth-order valence-corrected chi connectivity index (χ4v) is 3.56. The Hall–Kier alpha value is -3.02. The summed E-state index contributed by atoms with van der Waals surface area (Å²) >= 11 is 0. The molecule has 0 saturated carbocycles. The van der Waals surface area contributed by atoms with Crippen LogP contribution in [0.2, 0.25) is 0 Å². The maximum absolute atomic E-state index is 13.0. The molecular formula is C26H47N5O7. The van der Waals surface area contributed by atoms with Crippen LogP contribution in [-0.2, 0) is 28.8 Å². The number of Topliss-reactive ketones (excluding diaryl/α,β-unsaturated/α-hetero) is 1. The van der Waals surface area contributed by atoms with Gasteiger partial charge in [-0.1, -0.05) is 62.3 Å². The number of nitrogens with one attached hydrogen (secondary N) is 4. The molecule has 0 rings (SSSR count). The van der Waals surface area contributed by atoms with Gasteiger partial charge in [0.25, 0.3) is 5.91 Å². The summed E-state index contributed by atoms with van der Waals surface area (Å²) in [4.78, 5) is 75.5. The van der Waals surface area contributed by atoms with Gasteiger partial charge in [-0.2, -0.15) is 0 Å². The summed E-state index contributed by atoms with van der Waals surface area (Å²) in [6.45, 7) is 15.5. The van der Waals surface area contributed by atoms with Crippen LogP contribution >= 0.6 is 0 Å². The Kier molecular flexibility index (Phi) is 14.8. The molecular weight excluding hydrogens is 494 g/mol. The van der Waals surface area contributed by atoms with E-state index in [9.17, 15) is 33.9 Å². The molecule has 0 spiro atoms. The Morgan fingerprint density at radius 1 is 0.658 bits per heavy atom. The predicted octanol–water partition coefficient (Wildman–Crippen LogP) is 0.331. The van der Waals surface area contributed by atoms with Crippen LogP contribution in [0.1, 0.15) is 75.2 Å². The summed E-state index contributed by atoms with van der Waals surface area (Å²) < 4.78 is 0. The van der Waals surface area contributed by atoms with E-state index in [4.69, 9.17) is 5.73 Å². The van der Waals surface area contributed by atoms with Gasteiger partial charge in [0.2, 0.25) is 23.5 Å². The number of carboxylic acid groups (broad SMARTS) is 1. The Morgan fingerprint density at radius 3 is 1.55 bits per heavy atom. The second kappa shape index (κ2) is 16.1. The van der Waals surface area contributed by atoms with Gasteiger partial charge in [0.1, 0.15) is 18.1 Å². The van der Waals surface area contributed by atoms with E-state index in [1.807, 2.05) is 13.8 Å². The molecule has 0 fully saturated rings. The molecule has 5 atom stereocenters. The van der Waals surface area contributed by atoms with Crippen LogP contribution in [0.4, 0.5) is 0 Å². The average molecular weight is 542 g/mol. The Bertz CT molecular complexity index is 857. The van der Waals surface area contributed by atoms with E-state index in [1.165, 1.54) is 0 Å². The number of hydrogen-bond donors (Lipinski definition) is 6. The molecule has 0 aromatic rings. The van der Waals surface area contributed by atoms with Gasteiger partial charge in [-0.3, -0.25) is 24.0 Å². The van der Waals surface area contributed by atoms with Crippen molar-refractivity contribution in [2.45, 2.75) is 105 Å². The van der Waals surface area contributed by atoms with Crippen molar-refractivity contribution in [3.05, 3.63) is 0 Å². The molecule has 38 heavy (non-hydrogen) atoms. The molecule has 0 bridgehead atoms. The third kappa shape index (κ3) is 11.2. The summed E-state index contributed by atoms with van der Waals surface area (Å²) in [6, 6.07) is -5.33. The molecule has 12 nitrogen and oxygen atoms in total. The quantitative estimate of drug-likeness (QED) is 0.150. The zero-order valence-corrected chi connectivity index (χ0v) is 24.1. The van der Waals surface area contributed by atoms with Crippen molar-refractivity contribution in [3.63, 3.8) is 0 Å². The standard InChI is InChI=1S/C26H47N5O7/c1-10-16(28-24(35)19(14(6)7)30-23(34)18(27)13(4)5)21(32)25(36)29-17(11-12(2)3)22(33)31-20(15(8)9)26(37)38/h12-20H,10-11,27H2,1-9H3,(H,28,35)(H,29,36)(H,30,34)(H,31,33)(H,37,38)/t16-,17+,18-,19-,20-/m0/s1. The zero-order valence-electron chi connectivity index (χ0n) is 24.1. The molecule has 0 aliphatic carbocycles. The van der Waals surface area contributed by atoms with Crippen molar-refractivity contribution in [3.8, 4) is 0 Å². The molecule has 7 N–H and O–H groups in total. The molecule has 0 heterocycles. The lowest BCUT2D eigenvalue weighted by molar-refractivity contribution is -0.144. The number of carbonyl (C=O) groups is 6. The lowest BCUT2D eigenvalue weighted by Gasteiger charge is -2.27. The summed E-state index contributed by atoms with van der Waals surface area (Å²) in [5, 5.41) is 19.3. The van der Waals surface area contributed by atoms with Gasteiger partial charge < -0.3 is 32.1 Å². The van der Waals surface area contributed by atoms with Gasteiger partial charge in [-0.25, -0.2) is 4.79 Å². The molecule has 0 unspecified atom stereocenters. The Labute approximate surface area is 225 Å². The van der Waals surface area contributed by atoms with E-state index in [-0.39, 0.29) is 30.6 Å². The fourth-order valence-electron chi connectivity index (χ4n) is 3.56. The molecule has 218 valence electrons. The van der Waals surface area contributed by atoms with Crippen LogP contribution < -0.4 is 27.0 Å². The van der Waals surface area contributed by atoms with Gasteiger partial charge >= 0.3 is 5.97 Å². The number of rotatable bonds is 16. The van der Waals surface area contributed by atoms with Crippen molar-refractivity contribution in [2.75, 3.05) is 0 Å². The van der Waals surface area contributed by atoms with Crippen LogP contribution in [0.3, 0.4) is 0 Å². The summed E-state index contributed by atoms with van der Waals surface area (Å²) in [5.74, 6) is -6.07. The number of nitrogens with two attached hydrogens (primary N) is 1. The number of aliphatic carboxylic acids is 1. The van der Waals surface area contributed by atoms with Crippen LogP contribution in [0.25, 0.3) is 0 Å². The van der Waals surface area contributed by atoms with Crippen molar-refractivity contribution < 1.29 is 33.9 Å². The van der Waals surface area contributed by atoms with Gasteiger partial charge in [0.15, 0.2) is 0 Å². The van der Waals surface area contributed by atoms with Crippen molar-refractivity contribution in [1.29, 1.82) is 0 Å². The predicted molar refractivity (Wildman–Crippen MR) is 143 cm³/mol. The number of carboxylic acids is 1. The molecule has 0 saturated heterocycles. The first-order chi connectivity index (χ1) is 17.4. The highest BCUT2D eigenvalue weighted by molar-refractivity contribution is 6.38. The first kappa shape index (κ1) is 35.0. The number of carbonyl (C=O) groups excluding carboxylic acids is 5. The summed E-state index contributed by atoms with van der Waals surface area (Å²) in [5.41, 5.74) is 5.88. The molecule has 0 aromatic heterocycles. The molecule has 4 amide bonds. The van der Waals surface area contributed by atoms with E-state index in [0.29, 0.717) is 0 Å². The molecule has 0 aliphatic rings. The molecule has 0 aromatic carbocycles. The zero-order chi connectivity index (χ0) is 29.9. The number of hydrogen-bond acceptors (Lipinski definition) is 7. The van der Waals surface area contributed by atoms with E-state index in [2.05, 4.69) is 21.3 Å². The Morgan fingerprint density at radius 2 is 1.16 bits per heavy atom. The van der Waals surface area contributed by atoms with Crippen molar-refractivity contribution >= 4 is 35.4 Å². The minimum absolute atomic E-state index is 0.0576. The topological polar surface area (TPSA) is 197 Å². The van der Waals surface area contributed by atoms with Gasteiger partial charge in [0, 0.05) is 0 Å². The SMILES string of the molecule is CC[C@H](NC(=O)[C@@H](NC(=O)[C@@H](N)C(C)C)C(C)C)C(=O)C(=O)N[C@H](CC(C)C)C(=O)N[C@H](C(=O)O)C(C)C. The summed E-state index contributed by atoms with van der Waals surface area (Å²) in [7, 11) is 0. The molecule has 0 radical (unpaired) electrons. The third-order valence-electron chi connectivity index (χ3n) is 6.09. The van der Waals surface area contributed by atoms with Crippen LogP contribution in [-0.4, -0.2) is 70.7 Å². The van der Waals surface area contributed by atoms with Crippen LogP contribution in [0, 0.1) is 23.7 Å². The van der Waals surface area contributed by atoms with E-state index in [1.54, 1.807) is 48.5 Å². The highest BCUT2D eigenvalue weighted by Gasteiger charge is 2.34. The van der Waals surface area contributed by atoms with E-state index in [0.717, 1.165) is 0 Å². The smallest absolute Gasteiger partial charge is 0.326 e. The largest absolute Gasteiger partial charge is 0.480 e. The minimum Gasteiger partial charge on any atom is -0.480 e. The molecule has 0 aliphatic heterocycles. The van der Waals surface area contributed by atoms with E-state index < -0.39 is 71.5 Å². The Balaban J connectivity index is 5.59. The van der Waals surface area contributed by atoms with Gasteiger partial charge in [0.05, 0.1) is 12.1 Å². The number of ketones is 1. The van der Waals surface area contributed by atoms with Gasteiger partial charge in [-0.15, -0.1) is 0 Å². The lowest BCUT2D eigenvalue weighted by Crippen LogP contribution is -2.59. The average Bonchev–Trinajstić information content (AvgIpc) is 2.81. The van der Waals surface area contributed by atoms with E-state index >= 15 is 0 Å². The third-order valence-corrected chi connectivity index (χ3v) is 6.09. The highest BCUT2D eigenvalue weighted by atomic mass is 16.4. The number of amides is 4. The van der Waals surface area contributed by atoms with Crippen LogP contribution in [0.5, 0.6) is 0 Å². The minimum atomic E-state index is -1.21. The van der Waals surface area contributed by atoms with Crippen molar-refractivity contribution in [2.24, 2.45) is 29.4 Å². The second-order valence-corrected chi connectivity index (χ2v) is 11.1. The highest BCUT2D eigenvalue weighted by Crippen LogP contribution is 2.10. The van der Waals surface area contributed by atoms with Crippen LogP contribution in [0.15, 0.2) is 0 Å². The second-order valence-electron chi connectivity index (χ2n) is 11.1. The van der Waals surface area contributed by atoms with Gasteiger partial charge in [-0.05, 0) is 36.5 Å². The summed E-state index contributed by atoms with van der Waals surface area (Å²) in [6.07, 6.45) is 0.244. The first-order valence-corrected chi connectivity index (χ1v) is 13.2. The lowest BCUT2D eigenvalue weighted by atomic mass is 9.99. The maximum atomic E-state index is 13.0. The monoisotopic (exact) mass is 541 g/mol.